The number of nitrogens with zero attached hydrogens (tertiary/aromatic N) is 3. The van der Waals surface area contributed by atoms with Crippen LogP contribution >= 0.6 is 0 Å². The third-order valence-electron chi connectivity index (χ3n) is 3.61. The summed E-state index contributed by atoms with van der Waals surface area (Å²) < 4.78 is 1.82. The van der Waals surface area contributed by atoms with Gasteiger partial charge in [-0.1, -0.05) is 6.07 Å². The molecule has 110 valence electrons. The number of hydrogen-bond donors (Lipinski definition) is 2. The minimum Gasteiger partial charge on any atom is -0.381 e. The quantitative estimate of drug-likeness (QED) is 0.901. The summed E-state index contributed by atoms with van der Waals surface area (Å²) in [6.45, 7) is 4.13. The first-order chi connectivity index (χ1) is 10.1. The molecule has 6 heteroatoms. The van der Waals surface area contributed by atoms with Crippen molar-refractivity contribution in [1.29, 1.82) is 0 Å². The third kappa shape index (κ3) is 2.84. The minimum atomic E-state index is -0.0322. The van der Waals surface area contributed by atoms with Crippen LogP contribution in [0.2, 0.25) is 0 Å². The van der Waals surface area contributed by atoms with E-state index in [-0.39, 0.29) is 6.03 Å². The SMILES string of the molecule is Cc1nn(C)cc1CNc1cccc(N2CCNC2=O)c1. The normalized spacial score (nSPS) is 14.4. The smallest absolute Gasteiger partial charge is 0.321 e. The maximum atomic E-state index is 11.7. The number of rotatable bonds is 4. The zero-order valence-corrected chi connectivity index (χ0v) is 12.3. The van der Waals surface area contributed by atoms with E-state index in [1.807, 2.05) is 49.1 Å². The second-order valence-corrected chi connectivity index (χ2v) is 5.20. The van der Waals surface area contributed by atoms with Crippen LogP contribution in [0.4, 0.5) is 16.2 Å². The summed E-state index contributed by atoms with van der Waals surface area (Å²) in [5, 5.41) is 10.5. The largest absolute Gasteiger partial charge is 0.381 e. The average Bonchev–Trinajstić information content (AvgIpc) is 3.02. The Morgan fingerprint density at radius 1 is 1.43 bits per heavy atom. The molecule has 2 heterocycles. The maximum absolute atomic E-state index is 11.7. The maximum Gasteiger partial charge on any atom is 0.321 e. The zero-order valence-electron chi connectivity index (χ0n) is 12.3. The van der Waals surface area contributed by atoms with Crippen molar-refractivity contribution in [2.45, 2.75) is 13.5 Å². The van der Waals surface area contributed by atoms with Crippen molar-refractivity contribution in [3.8, 4) is 0 Å². The van der Waals surface area contributed by atoms with Crippen molar-refractivity contribution >= 4 is 17.4 Å². The van der Waals surface area contributed by atoms with Gasteiger partial charge in [-0.15, -0.1) is 0 Å². The highest BCUT2D eigenvalue weighted by Crippen LogP contribution is 2.21. The molecule has 0 unspecified atom stereocenters. The molecule has 2 amide bonds. The van der Waals surface area contributed by atoms with E-state index in [2.05, 4.69) is 15.7 Å². The second kappa shape index (κ2) is 5.47. The summed E-state index contributed by atoms with van der Waals surface area (Å²) in [7, 11) is 1.92. The Hall–Kier alpha value is -2.50. The highest BCUT2D eigenvalue weighted by atomic mass is 16.2. The predicted octanol–water partition coefficient (Wildman–Crippen LogP) is 1.87. The Kier molecular flexibility index (Phi) is 3.51. The molecule has 0 atom stereocenters. The highest BCUT2D eigenvalue weighted by molar-refractivity contribution is 5.94. The molecule has 21 heavy (non-hydrogen) atoms. The van der Waals surface area contributed by atoms with Crippen molar-refractivity contribution in [1.82, 2.24) is 15.1 Å². The van der Waals surface area contributed by atoms with Crippen LogP contribution in [0, 0.1) is 6.92 Å². The summed E-state index contributed by atoms with van der Waals surface area (Å²) in [5.41, 5.74) is 4.11. The Morgan fingerprint density at radius 2 is 2.29 bits per heavy atom. The van der Waals surface area contributed by atoms with Gasteiger partial charge in [-0.2, -0.15) is 5.10 Å². The average molecular weight is 285 g/mol. The number of anilines is 2. The Bertz CT molecular complexity index is 664. The van der Waals surface area contributed by atoms with Crippen LogP contribution in [-0.2, 0) is 13.6 Å². The van der Waals surface area contributed by atoms with E-state index in [4.69, 9.17) is 0 Å². The van der Waals surface area contributed by atoms with Crippen molar-refractivity contribution in [2.75, 3.05) is 23.3 Å². The first kappa shape index (κ1) is 13.5. The van der Waals surface area contributed by atoms with Crippen molar-refractivity contribution < 1.29 is 4.79 Å². The number of carbonyl (C=O) groups is 1. The van der Waals surface area contributed by atoms with Gasteiger partial charge in [-0.3, -0.25) is 9.58 Å². The molecule has 6 nitrogen and oxygen atoms in total. The number of carbonyl (C=O) groups excluding carboxylic acids is 1. The van der Waals surface area contributed by atoms with Crippen LogP contribution in [0.5, 0.6) is 0 Å². The lowest BCUT2D eigenvalue weighted by Gasteiger charge is -2.15. The number of benzene rings is 1. The van der Waals surface area contributed by atoms with Crippen LogP contribution < -0.4 is 15.5 Å². The van der Waals surface area contributed by atoms with E-state index in [0.717, 1.165) is 23.6 Å². The summed E-state index contributed by atoms with van der Waals surface area (Å²) in [6, 6.07) is 7.88. The molecule has 0 radical (unpaired) electrons. The molecule has 2 aromatic rings. The predicted molar refractivity (Wildman–Crippen MR) is 82.5 cm³/mol. The standard InChI is InChI=1S/C15H19N5O/c1-11-12(10-19(2)18-11)9-17-13-4-3-5-14(8-13)20-7-6-16-15(20)21/h3-5,8,10,17H,6-7,9H2,1-2H3,(H,16,21). The molecule has 0 saturated carbocycles. The molecule has 0 spiro atoms. The lowest BCUT2D eigenvalue weighted by Crippen LogP contribution is -2.27. The van der Waals surface area contributed by atoms with Gasteiger partial charge in [-0.05, 0) is 25.1 Å². The minimum absolute atomic E-state index is 0.0322. The highest BCUT2D eigenvalue weighted by Gasteiger charge is 2.20. The number of aromatic nitrogens is 2. The Labute approximate surface area is 123 Å². The zero-order chi connectivity index (χ0) is 14.8. The van der Waals surface area contributed by atoms with E-state index >= 15 is 0 Å². The number of aryl methyl sites for hydroxylation is 2. The summed E-state index contributed by atoms with van der Waals surface area (Å²) in [4.78, 5) is 13.4. The molecule has 1 aliphatic rings. The van der Waals surface area contributed by atoms with E-state index in [9.17, 15) is 4.79 Å². The molecule has 1 fully saturated rings. The van der Waals surface area contributed by atoms with Crippen LogP contribution in [0.3, 0.4) is 0 Å². The fraction of sp³-hybridized carbons (Fsp3) is 0.333. The number of hydrogen-bond acceptors (Lipinski definition) is 3. The van der Waals surface area contributed by atoms with Gasteiger partial charge in [0.1, 0.15) is 0 Å². The van der Waals surface area contributed by atoms with Gasteiger partial charge >= 0.3 is 6.03 Å². The van der Waals surface area contributed by atoms with Gasteiger partial charge in [-0.25, -0.2) is 4.79 Å². The van der Waals surface area contributed by atoms with E-state index in [1.54, 1.807) is 4.90 Å². The molecule has 1 aromatic carbocycles. The van der Waals surface area contributed by atoms with Crippen LogP contribution in [0.1, 0.15) is 11.3 Å². The lowest BCUT2D eigenvalue weighted by atomic mass is 10.2. The lowest BCUT2D eigenvalue weighted by molar-refractivity contribution is 0.252. The fourth-order valence-corrected chi connectivity index (χ4v) is 2.52. The molecule has 1 saturated heterocycles. The third-order valence-corrected chi connectivity index (χ3v) is 3.61. The molecule has 1 aliphatic heterocycles. The number of nitrogens with one attached hydrogen (secondary N) is 2. The first-order valence-corrected chi connectivity index (χ1v) is 7.02. The van der Waals surface area contributed by atoms with Gasteiger partial charge in [0, 0.05) is 49.8 Å². The summed E-state index contributed by atoms with van der Waals surface area (Å²) in [5.74, 6) is 0. The number of urea groups is 1. The van der Waals surface area contributed by atoms with Crippen molar-refractivity contribution in [3.05, 3.63) is 41.7 Å². The van der Waals surface area contributed by atoms with Crippen LogP contribution in [0.15, 0.2) is 30.5 Å². The fourth-order valence-electron chi connectivity index (χ4n) is 2.52. The number of amides is 2. The van der Waals surface area contributed by atoms with Gasteiger partial charge in [0.25, 0.3) is 0 Å². The van der Waals surface area contributed by atoms with Crippen molar-refractivity contribution in [3.63, 3.8) is 0 Å². The molecule has 3 rings (SSSR count). The van der Waals surface area contributed by atoms with E-state index < -0.39 is 0 Å². The second-order valence-electron chi connectivity index (χ2n) is 5.20. The Balaban J connectivity index is 1.71. The van der Waals surface area contributed by atoms with Crippen LogP contribution in [0.25, 0.3) is 0 Å². The van der Waals surface area contributed by atoms with E-state index in [0.29, 0.717) is 13.1 Å². The molecular weight excluding hydrogens is 266 g/mol. The molecular formula is C15H19N5O. The summed E-state index contributed by atoms with van der Waals surface area (Å²) >= 11 is 0. The van der Waals surface area contributed by atoms with E-state index in [1.165, 1.54) is 5.56 Å². The van der Waals surface area contributed by atoms with Gasteiger partial charge in [0.15, 0.2) is 0 Å². The molecule has 0 bridgehead atoms. The molecule has 1 aromatic heterocycles. The van der Waals surface area contributed by atoms with Gasteiger partial charge in [0.2, 0.25) is 0 Å². The summed E-state index contributed by atoms with van der Waals surface area (Å²) in [6.07, 6.45) is 2.01. The van der Waals surface area contributed by atoms with Gasteiger partial charge < -0.3 is 10.6 Å². The molecule has 2 N–H and O–H groups in total. The first-order valence-electron chi connectivity index (χ1n) is 7.02. The monoisotopic (exact) mass is 285 g/mol. The van der Waals surface area contributed by atoms with Crippen LogP contribution in [-0.4, -0.2) is 28.9 Å². The van der Waals surface area contributed by atoms with Gasteiger partial charge in [0.05, 0.1) is 5.69 Å². The van der Waals surface area contributed by atoms with Crippen molar-refractivity contribution in [2.24, 2.45) is 7.05 Å². The molecule has 0 aliphatic carbocycles. The topological polar surface area (TPSA) is 62.2 Å². The Morgan fingerprint density at radius 3 is 2.95 bits per heavy atom.